The van der Waals surface area contributed by atoms with Crippen LogP contribution in [0.15, 0.2) is 53.5 Å². The molecule has 0 heterocycles. The van der Waals surface area contributed by atoms with Gasteiger partial charge < -0.3 is 16.0 Å². The highest BCUT2D eigenvalue weighted by Crippen LogP contribution is 2.12. The van der Waals surface area contributed by atoms with Crippen molar-refractivity contribution in [3.05, 3.63) is 65.2 Å². The van der Waals surface area contributed by atoms with Crippen LogP contribution in [-0.4, -0.2) is 18.4 Å². The van der Waals surface area contributed by atoms with Gasteiger partial charge in [-0.05, 0) is 43.5 Å². The van der Waals surface area contributed by atoms with Crippen molar-refractivity contribution in [3.63, 3.8) is 0 Å². The van der Waals surface area contributed by atoms with E-state index in [9.17, 15) is 4.79 Å². The molecule has 152 valence electrons. The van der Waals surface area contributed by atoms with Gasteiger partial charge >= 0.3 is 0 Å². The lowest BCUT2D eigenvalue weighted by Gasteiger charge is -2.12. The van der Waals surface area contributed by atoms with Crippen LogP contribution in [0, 0.1) is 6.92 Å². The van der Waals surface area contributed by atoms with Crippen LogP contribution in [0.2, 0.25) is 0 Å². The normalized spacial score (nSPS) is 10.8. The Morgan fingerprint density at radius 1 is 1.00 bits per heavy atom. The minimum Gasteiger partial charge on any atom is -0.357 e. The molecule has 0 saturated carbocycles. The quantitative estimate of drug-likeness (QED) is 0.286. The molecule has 0 aliphatic carbocycles. The third-order valence-corrected chi connectivity index (χ3v) is 4.03. The lowest BCUT2D eigenvalue weighted by atomic mass is 10.1. The highest BCUT2D eigenvalue weighted by Gasteiger charge is 2.03. The number of carbonyl (C=O) groups excluding carboxylic acids is 1. The molecule has 0 atom stereocenters. The Kier molecular flexibility index (Phi) is 11.2. The molecule has 2 aromatic rings. The van der Waals surface area contributed by atoms with Gasteiger partial charge in [-0.2, -0.15) is 0 Å². The molecule has 1 amide bonds. The largest absolute Gasteiger partial charge is 0.357 e. The molecule has 0 aliphatic rings. The average Bonchev–Trinajstić information content (AvgIpc) is 2.66. The molecule has 0 saturated heterocycles. The summed E-state index contributed by atoms with van der Waals surface area (Å²) in [7, 11) is 0. The van der Waals surface area contributed by atoms with Crippen LogP contribution in [0.25, 0.3) is 0 Å². The van der Waals surface area contributed by atoms with Crippen molar-refractivity contribution in [1.82, 2.24) is 10.6 Å². The first kappa shape index (κ1) is 23.9. The first-order valence-corrected chi connectivity index (χ1v) is 9.57. The third-order valence-electron chi connectivity index (χ3n) is 4.03. The summed E-state index contributed by atoms with van der Waals surface area (Å²) in [6.07, 6.45) is 1.38. The van der Waals surface area contributed by atoms with E-state index in [1.54, 1.807) is 0 Å². The Morgan fingerprint density at radius 3 is 2.43 bits per heavy atom. The maximum Gasteiger partial charge on any atom is 0.224 e. The fraction of sp³-hybridized carbons (Fsp3) is 0.364. The second kappa shape index (κ2) is 13.1. The third kappa shape index (κ3) is 8.73. The van der Waals surface area contributed by atoms with Gasteiger partial charge in [-0.25, -0.2) is 4.99 Å². The number of benzene rings is 2. The minimum absolute atomic E-state index is 0. The van der Waals surface area contributed by atoms with E-state index in [0.29, 0.717) is 13.0 Å². The Balaban J connectivity index is 0.00000392. The van der Waals surface area contributed by atoms with Gasteiger partial charge in [0, 0.05) is 25.2 Å². The van der Waals surface area contributed by atoms with Crippen LogP contribution in [-0.2, 0) is 17.9 Å². The van der Waals surface area contributed by atoms with Crippen LogP contribution in [0.4, 0.5) is 5.69 Å². The molecule has 0 aromatic heterocycles. The van der Waals surface area contributed by atoms with Gasteiger partial charge in [-0.1, -0.05) is 48.9 Å². The van der Waals surface area contributed by atoms with Crippen LogP contribution in [0.5, 0.6) is 0 Å². The Hall–Kier alpha value is -2.09. The van der Waals surface area contributed by atoms with Crippen molar-refractivity contribution in [2.24, 2.45) is 4.99 Å². The number of aryl methyl sites for hydroxylation is 1. The van der Waals surface area contributed by atoms with Crippen molar-refractivity contribution in [3.8, 4) is 0 Å². The molecule has 28 heavy (non-hydrogen) atoms. The fourth-order valence-electron chi connectivity index (χ4n) is 2.60. The lowest BCUT2D eigenvalue weighted by molar-refractivity contribution is -0.116. The number of halogens is 1. The molecule has 0 unspecified atom stereocenters. The van der Waals surface area contributed by atoms with Gasteiger partial charge in [0.2, 0.25) is 5.91 Å². The van der Waals surface area contributed by atoms with Crippen LogP contribution in [0.1, 0.15) is 43.4 Å². The molecule has 0 fully saturated rings. The molecule has 5 nitrogen and oxygen atoms in total. The van der Waals surface area contributed by atoms with Gasteiger partial charge in [0.25, 0.3) is 0 Å². The standard InChI is InChI=1S/C22H30N4O.HI/c1-4-7-21(27)26-20-9-6-8-19(14-20)16-25-22(23-5-2)24-15-18-12-10-17(3)11-13-18;/h6,8-14H,4-5,7,15-16H2,1-3H3,(H,26,27)(H2,23,24,25);1H. The molecule has 0 radical (unpaired) electrons. The summed E-state index contributed by atoms with van der Waals surface area (Å²) >= 11 is 0. The molecule has 6 heteroatoms. The second-order valence-corrected chi connectivity index (χ2v) is 6.53. The zero-order chi connectivity index (χ0) is 19.5. The van der Waals surface area contributed by atoms with Gasteiger partial charge in [0.1, 0.15) is 0 Å². The number of aliphatic imine (C=N–C) groups is 1. The highest BCUT2D eigenvalue weighted by molar-refractivity contribution is 14.0. The van der Waals surface area contributed by atoms with E-state index in [0.717, 1.165) is 36.7 Å². The van der Waals surface area contributed by atoms with Crippen molar-refractivity contribution in [1.29, 1.82) is 0 Å². The smallest absolute Gasteiger partial charge is 0.224 e. The number of nitrogens with zero attached hydrogens (tertiary/aromatic N) is 1. The van der Waals surface area contributed by atoms with Crippen LogP contribution < -0.4 is 16.0 Å². The summed E-state index contributed by atoms with van der Waals surface area (Å²) in [5.74, 6) is 0.824. The average molecular weight is 494 g/mol. The monoisotopic (exact) mass is 494 g/mol. The SMILES string of the molecule is CCCC(=O)Nc1cccc(CN=C(NCC)NCc2ccc(C)cc2)c1.I. The summed E-state index contributed by atoms with van der Waals surface area (Å²) in [5, 5.41) is 9.56. The van der Waals surface area contributed by atoms with Crippen molar-refractivity contribution in [2.45, 2.75) is 46.7 Å². The zero-order valence-electron chi connectivity index (χ0n) is 16.9. The van der Waals surface area contributed by atoms with E-state index < -0.39 is 0 Å². The maximum absolute atomic E-state index is 11.8. The van der Waals surface area contributed by atoms with Crippen LogP contribution >= 0.6 is 24.0 Å². The van der Waals surface area contributed by atoms with Gasteiger partial charge in [-0.3, -0.25) is 4.79 Å². The van der Waals surface area contributed by atoms with Crippen molar-refractivity contribution >= 4 is 41.5 Å². The number of guanidine groups is 1. The molecule has 2 aromatic carbocycles. The van der Waals surface area contributed by atoms with Crippen molar-refractivity contribution in [2.75, 3.05) is 11.9 Å². The summed E-state index contributed by atoms with van der Waals surface area (Å²) in [6.45, 7) is 8.19. The Morgan fingerprint density at radius 2 is 1.75 bits per heavy atom. The Labute approximate surface area is 185 Å². The predicted molar refractivity (Wildman–Crippen MR) is 128 cm³/mol. The van der Waals surface area contributed by atoms with E-state index in [4.69, 9.17) is 0 Å². The fourth-order valence-corrected chi connectivity index (χ4v) is 2.60. The van der Waals surface area contributed by atoms with E-state index >= 15 is 0 Å². The lowest BCUT2D eigenvalue weighted by Crippen LogP contribution is -2.36. The number of rotatable bonds is 8. The zero-order valence-corrected chi connectivity index (χ0v) is 19.2. The molecule has 0 bridgehead atoms. The molecule has 0 aliphatic heterocycles. The van der Waals surface area contributed by atoms with Crippen molar-refractivity contribution < 1.29 is 4.79 Å². The molecular formula is C22H31IN4O. The van der Waals surface area contributed by atoms with Gasteiger partial charge in [-0.15, -0.1) is 24.0 Å². The summed E-state index contributed by atoms with van der Waals surface area (Å²) in [4.78, 5) is 16.4. The second-order valence-electron chi connectivity index (χ2n) is 6.53. The van der Waals surface area contributed by atoms with Crippen LogP contribution in [0.3, 0.4) is 0 Å². The topological polar surface area (TPSA) is 65.5 Å². The number of anilines is 1. The molecular weight excluding hydrogens is 463 g/mol. The first-order valence-electron chi connectivity index (χ1n) is 9.57. The maximum atomic E-state index is 11.8. The van der Waals surface area contributed by atoms with E-state index in [1.807, 2.05) is 38.1 Å². The highest BCUT2D eigenvalue weighted by atomic mass is 127. The molecule has 2 rings (SSSR count). The summed E-state index contributed by atoms with van der Waals surface area (Å²) < 4.78 is 0. The molecule has 0 spiro atoms. The Bertz CT molecular complexity index is 759. The number of nitrogens with one attached hydrogen (secondary N) is 3. The number of carbonyl (C=O) groups is 1. The number of hydrogen-bond acceptors (Lipinski definition) is 2. The van der Waals surface area contributed by atoms with Gasteiger partial charge in [0.05, 0.1) is 6.54 Å². The summed E-state index contributed by atoms with van der Waals surface area (Å²) in [6, 6.07) is 16.3. The van der Waals surface area contributed by atoms with E-state index in [-0.39, 0.29) is 29.9 Å². The number of hydrogen-bond donors (Lipinski definition) is 3. The first-order chi connectivity index (χ1) is 13.1. The van der Waals surface area contributed by atoms with E-state index in [2.05, 4.69) is 52.1 Å². The van der Waals surface area contributed by atoms with Gasteiger partial charge in [0.15, 0.2) is 5.96 Å². The number of amides is 1. The van der Waals surface area contributed by atoms with E-state index in [1.165, 1.54) is 11.1 Å². The minimum atomic E-state index is 0. The summed E-state index contributed by atoms with van der Waals surface area (Å²) in [5.41, 5.74) is 4.34. The molecule has 3 N–H and O–H groups in total. The predicted octanol–water partition coefficient (Wildman–Crippen LogP) is 4.61.